The topological polar surface area (TPSA) is 53.6 Å². The molecule has 4 nitrogen and oxygen atoms in total. The van der Waals surface area contributed by atoms with E-state index in [2.05, 4.69) is 10.3 Å². The van der Waals surface area contributed by atoms with Crippen LogP contribution >= 0.6 is 0 Å². The van der Waals surface area contributed by atoms with Crippen LogP contribution in [0.5, 0.6) is 0 Å². The van der Waals surface area contributed by atoms with Gasteiger partial charge in [0.2, 0.25) is 0 Å². The van der Waals surface area contributed by atoms with E-state index in [0.29, 0.717) is 18.1 Å². The lowest BCUT2D eigenvalue weighted by atomic mass is 10.1. The minimum atomic E-state index is -4.45. The summed E-state index contributed by atoms with van der Waals surface area (Å²) in [5, 5.41) is 11.9. The smallest absolute Gasteiger partial charge is 0.377 e. The van der Waals surface area contributed by atoms with Crippen molar-refractivity contribution in [3.63, 3.8) is 0 Å². The summed E-state index contributed by atoms with van der Waals surface area (Å²) in [7, 11) is 1.81. The third-order valence-corrected chi connectivity index (χ3v) is 2.83. The first-order valence-corrected chi connectivity index (χ1v) is 5.73. The lowest BCUT2D eigenvalue weighted by Crippen LogP contribution is -2.09. The van der Waals surface area contributed by atoms with Gasteiger partial charge in [-0.05, 0) is 18.2 Å². The van der Waals surface area contributed by atoms with E-state index in [-0.39, 0.29) is 5.56 Å². The molecule has 1 aromatic heterocycles. The van der Waals surface area contributed by atoms with Gasteiger partial charge in [-0.25, -0.2) is 4.98 Å². The third-order valence-electron chi connectivity index (χ3n) is 2.83. The molecule has 1 N–H and O–H groups in total. The van der Waals surface area contributed by atoms with Crippen LogP contribution in [0.3, 0.4) is 0 Å². The molecule has 0 radical (unpaired) electrons. The Morgan fingerprint density at radius 1 is 1.40 bits per heavy atom. The first-order chi connectivity index (χ1) is 9.41. The summed E-state index contributed by atoms with van der Waals surface area (Å²) in [6.45, 7) is 0.323. The largest absolute Gasteiger partial charge is 0.416 e. The highest BCUT2D eigenvalue weighted by Crippen LogP contribution is 2.31. The van der Waals surface area contributed by atoms with Crippen LogP contribution in [0, 0.1) is 11.3 Å². The molecule has 2 rings (SSSR count). The van der Waals surface area contributed by atoms with Crippen molar-refractivity contribution in [2.45, 2.75) is 12.7 Å². The second-order valence-corrected chi connectivity index (χ2v) is 4.18. The van der Waals surface area contributed by atoms with E-state index in [0.717, 1.165) is 12.1 Å². The SMILES string of the molecule is Cn1ccnc1CNc1ccc(C(F)(F)F)cc1C#N. The van der Waals surface area contributed by atoms with E-state index in [1.165, 1.54) is 6.07 Å². The van der Waals surface area contributed by atoms with Gasteiger partial charge in [0.25, 0.3) is 0 Å². The van der Waals surface area contributed by atoms with Gasteiger partial charge >= 0.3 is 6.18 Å². The maximum atomic E-state index is 12.6. The lowest BCUT2D eigenvalue weighted by Gasteiger charge is -2.11. The predicted octanol–water partition coefficient (Wildman–Crippen LogP) is 2.92. The number of hydrogen-bond acceptors (Lipinski definition) is 3. The summed E-state index contributed by atoms with van der Waals surface area (Å²) in [5.41, 5.74) is -0.533. The molecule has 7 heteroatoms. The first kappa shape index (κ1) is 13.9. The minimum Gasteiger partial charge on any atom is -0.377 e. The monoisotopic (exact) mass is 280 g/mol. The van der Waals surface area contributed by atoms with Gasteiger partial charge in [-0.3, -0.25) is 0 Å². The van der Waals surface area contributed by atoms with Crippen LogP contribution in [-0.4, -0.2) is 9.55 Å². The summed E-state index contributed by atoms with van der Waals surface area (Å²) >= 11 is 0. The van der Waals surface area contributed by atoms with Crippen LogP contribution in [0.4, 0.5) is 18.9 Å². The number of nitriles is 1. The molecule has 0 unspecified atom stereocenters. The van der Waals surface area contributed by atoms with Crippen molar-refractivity contribution in [3.8, 4) is 6.07 Å². The van der Waals surface area contributed by atoms with Crippen molar-refractivity contribution in [2.24, 2.45) is 7.05 Å². The number of benzene rings is 1. The Hall–Kier alpha value is -2.49. The van der Waals surface area contributed by atoms with Crippen LogP contribution in [0.2, 0.25) is 0 Å². The van der Waals surface area contributed by atoms with Gasteiger partial charge in [-0.2, -0.15) is 18.4 Å². The summed E-state index contributed by atoms with van der Waals surface area (Å²) in [4.78, 5) is 4.08. The molecule has 0 amide bonds. The van der Waals surface area contributed by atoms with Crippen LogP contribution in [-0.2, 0) is 19.8 Å². The summed E-state index contributed by atoms with van der Waals surface area (Å²) < 4.78 is 39.4. The zero-order valence-electron chi connectivity index (χ0n) is 10.6. The Balaban J connectivity index is 2.21. The van der Waals surface area contributed by atoms with Crippen molar-refractivity contribution < 1.29 is 13.2 Å². The van der Waals surface area contributed by atoms with E-state index in [1.54, 1.807) is 23.0 Å². The van der Waals surface area contributed by atoms with E-state index >= 15 is 0 Å². The zero-order chi connectivity index (χ0) is 14.8. The summed E-state index contributed by atoms with van der Waals surface area (Å²) in [5.74, 6) is 0.716. The zero-order valence-corrected chi connectivity index (χ0v) is 10.6. The first-order valence-electron chi connectivity index (χ1n) is 5.73. The molecule has 0 aliphatic heterocycles. The Bertz CT molecular complexity index is 652. The second kappa shape index (κ2) is 5.25. The van der Waals surface area contributed by atoms with Crippen LogP contribution in [0.1, 0.15) is 17.0 Å². The number of nitrogens with zero attached hydrogens (tertiary/aromatic N) is 3. The number of aromatic nitrogens is 2. The number of imidazole rings is 1. The van der Waals surface area contributed by atoms with E-state index in [4.69, 9.17) is 5.26 Å². The molecule has 1 aromatic carbocycles. The standard InChI is InChI=1S/C13H11F3N4/c1-20-5-4-18-12(20)8-19-11-3-2-10(13(14,15)16)6-9(11)7-17/h2-6,19H,8H2,1H3. The van der Waals surface area contributed by atoms with Gasteiger partial charge in [0.05, 0.1) is 23.4 Å². The van der Waals surface area contributed by atoms with Gasteiger partial charge in [0, 0.05) is 19.4 Å². The van der Waals surface area contributed by atoms with Gasteiger partial charge in [0.1, 0.15) is 11.9 Å². The molecule has 0 atom stereocenters. The Labute approximate surface area is 113 Å². The van der Waals surface area contributed by atoms with Gasteiger partial charge < -0.3 is 9.88 Å². The highest BCUT2D eigenvalue weighted by Gasteiger charge is 2.31. The maximum absolute atomic E-state index is 12.6. The summed E-state index contributed by atoms with van der Waals surface area (Å²) in [6, 6.07) is 4.80. The van der Waals surface area contributed by atoms with Gasteiger partial charge in [-0.1, -0.05) is 0 Å². The highest BCUT2D eigenvalue weighted by atomic mass is 19.4. The van der Waals surface area contributed by atoms with Crippen LogP contribution in [0.15, 0.2) is 30.6 Å². The average molecular weight is 280 g/mol. The summed E-state index contributed by atoms with van der Waals surface area (Å²) in [6.07, 6.45) is -1.08. The fourth-order valence-corrected chi connectivity index (χ4v) is 1.71. The Morgan fingerprint density at radius 3 is 2.70 bits per heavy atom. The van der Waals surface area contributed by atoms with Gasteiger partial charge in [0.15, 0.2) is 0 Å². The number of alkyl halides is 3. The van der Waals surface area contributed by atoms with Gasteiger partial charge in [-0.15, -0.1) is 0 Å². The predicted molar refractivity (Wildman–Crippen MR) is 66.7 cm³/mol. The quantitative estimate of drug-likeness (QED) is 0.940. The van der Waals surface area contributed by atoms with E-state index in [9.17, 15) is 13.2 Å². The molecule has 0 aliphatic carbocycles. The Kier molecular flexibility index (Phi) is 3.66. The van der Waals surface area contributed by atoms with Crippen molar-refractivity contribution in [2.75, 3.05) is 5.32 Å². The van der Waals surface area contributed by atoms with E-state index < -0.39 is 11.7 Å². The molecule has 0 spiro atoms. The molecular formula is C13H11F3N4. The number of rotatable bonds is 3. The maximum Gasteiger partial charge on any atom is 0.416 e. The van der Waals surface area contributed by atoms with Crippen molar-refractivity contribution >= 4 is 5.69 Å². The molecule has 104 valence electrons. The van der Waals surface area contributed by atoms with Crippen molar-refractivity contribution in [1.82, 2.24) is 9.55 Å². The fourth-order valence-electron chi connectivity index (χ4n) is 1.71. The van der Waals surface area contributed by atoms with Crippen molar-refractivity contribution in [1.29, 1.82) is 5.26 Å². The molecule has 20 heavy (non-hydrogen) atoms. The Morgan fingerprint density at radius 2 is 2.15 bits per heavy atom. The number of aryl methyl sites for hydroxylation is 1. The molecule has 0 saturated carbocycles. The third kappa shape index (κ3) is 2.91. The molecule has 0 saturated heterocycles. The number of halogens is 3. The van der Waals surface area contributed by atoms with Crippen LogP contribution in [0.25, 0.3) is 0 Å². The van der Waals surface area contributed by atoms with E-state index in [1.807, 2.05) is 7.05 Å². The molecule has 1 heterocycles. The minimum absolute atomic E-state index is 0.0472. The molecule has 0 fully saturated rings. The fraction of sp³-hybridized carbons (Fsp3) is 0.231. The number of anilines is 1. The molecule has 0 aliphatic rings. The second-order valence-electron chi connectivity index (χ2n) is 4.18. The van der Waals surface area contributed by atoms with Crippen molar-refractivity contribution in [3.05, 3.63) is 47.5 Å². The highest BCUT2D eigenvalue weighted by molar-refractivity contribution is 5.59. The lowest BCUT2D eigenvalue weighted by molar-refractivity contribution is -0.137. The number of nitrogens with one attached hydrogen (secondary N) is 1. The average Bonchev–Trinajstić information content (AvgIpc) is 2.80. The van der Waals surface area contributed by atoms with Crippen LogP contribution < -0.4 is 5.32 Å². The number of hydrogen-bond donors (Lipinski definition) is 1. The normalized spacial score (nSPS) is 11.2. The molecule has 0 bridgehead atoms. The molecule has 2 aromatic rings. The molecular weight excluding hydrogens is 269 g/mol.